The molecular formula is C17H22N6O3. The van der Waals surface area contributed by atoms with Crippen LogP contribution >= 0.6 is 0 Å². The fourth-order valence-corrected chi connectivity index (χ4v) is 4.01. The molecule has 26 heavy (non-hydrogen) atoms. The number of anilines is 3. The van der Waals surface area contributed by atoms with E-state index in [0.717, 1.165) is 25.7 Å². The van der Waals surface area contributed by atoms with E-state index in [9.17, 15) is 9.59 Å². The summed E-state index contributed by atoms with van der Waals surface area (Å²) in [5.74, 6) is 0.0493. The second kappa shape index (κ2) is 6.54. The number of hydrogen-bond acceptors (Lipinski definition) is 7. The molecule has 2 aliphatic heterocycles. The van der Waals surface area contributed by atoms with Crippen LogP contribution in [-0.4, -0.2) is 51.3 Å². The minimum atomic E-state index is -1.02. The van der Waals surface area contributed by atoms with Crippen molar-refractivity contribution in [1.29, 1.82) is 0 Å². The summed E-state index contributed by atoms with van der Waals surface area (Å²) in [6.07, 6.45) is 7.07. The van der Waals surface area contributed by atoms with Crippen LogP contribution in [0.15, 0.2) is 11.3 Å². The Balaban J connectivity index is 1.72. The van der Waals surface area contributed by atoms with Crippen molar-refractivity contribution in [3.8, 4) is 0 Å². The van der Waals surface area contributed by atoms with Crippen molar-refractivity contribution in [2.75, 3.05) is 21.8 Å². The zero-order chi connectivity index (χ0) is 18.3. The highest BCUT2D eigenvalue weighted by atomic mass is 16.4. The van der Waals surface area contributed by atoms with Crippen molar-refractivity contribution in [3.63, 3.8) is 0 Å². The van der Waals surface area contributed by atoms with Gasteiger partial charge in [0.05, 0.1) is 12.7 Å². The average molecular weight is 358 g/mol. The van der Waals surface area contributed by atoms with E-state index in [2.05, 4.69) is 25.3 Å². The van der Waals surface area contributed by atoms with Crippen molar-refractivity contribution < 1.29 is 14.7 Å². The lowest BCUT2D eigenvalue weighted by Gasteiger charge is -2.40. The highest BCUT2D eigenvalue weighted by Crippen LogP contribution is 2.38. The topological polar surface area (TPSA) is 111 Å². The average Bonchev–Trinajstić information content (AvgIpc) is 3.32. The Morgan fingerprint density at radius 2 is 2.15 bits per heavy atom. The molecule has 9 heteroatoms. The van der Waals surface area contributed by atoms with Crippen LogP contribution in [0.3, 0.4) is 0 Å². The number of nitrogens with one attached hydrogen (secondary N) is 1. The van der Waals surface area contributed by atoms with Gasteiger partial charge in [0.1, 0.15) is 17.4 Å². The van der Waals surface area contributed by atoms with Gasteiger partial charge in [0.15, 0.2) is 5.82 Å². The second-order valence-corrected chi connectivity index (χ2v) is 6.89. The number of carboxylic acids is 1. The van der Waals surface area contributed by atoms with Gasteiger partial charge in [-0.05, 0) is 19.3 Å². The summed E-state index contributed by atoms with van der Waals surface area (Å²) < 4.78 is 0. The van der Waals surface area contributed by atoms with Gasteiger partial charge in [0, 0.05) is 12.5 Å². The molecule has 0 unspecified atom stereocenters. The van der Waals surface area contributed by atoms with Crippen LogP contribution in [0.5, 0.6) is 0 Å². The van der Waals surface area contributed by atoms with Gasteiger partial charge < -0.3 is 15.3 Å². The molecule has 0 spiro atoms. The number of aliphatic carboxylic acids is 1. The number of nitrogens with zero attached hydrogens (tertiary/aromatic N) is 5. The van der Waals surface area contributed by atoms with E-state index >= 15 is 0 Å². The van der Waals surface area contributed by atoms with Crippen LogP contribution < -0.4 is 15.2 Å². The Bertz CT molecular complexity index is 774. The van der Waals surface area contributed by atoms with Gasteiger partial charge >= 0.3 is 5.97 Å². The third kappa shape index (κ3) is 2.77. The number of aromatic nitrogens is 2. The molecule has 1 saturated carbocycles. The largest absolute Gasteiger partial charge is 0.477 e. The molecule has 9 nitrogen and oxygen atoms in total. The van der Waals surface area contributed by atoms with E-state index in [4.69, 9.17) is 5.11 Å². The molecule has 4 rings (SSSR count). The lowest BCUT2D eigenvalue weighted by Crippen LogP contribution is -2.52. The molecule has 138 valence electrons. The minimum Gasteiger partial charge on any atom is -0.477 e. The van der Waals surface area contributed by atoms with Gasteiger partial charge in [-0.2, -0.15) is 10.1 Å². The summed E-state index contributed by atoms with van der Waals surface area (Å²) in [4.78, 5) is 34.7. The van der Waals surface area contributed by atoms with Crippen LogP contribution in [0.2, 0.25) is 0 Å². The van der Waals surface area contributed by atoms with Gasteiger partial charge in [0.25, 0.3) is 0 Å². The van der Waals surface area contributed by atoms with Crippen molar-refractivity contribution >= 4 is 35.0 Å². The smallest absolute Gasteiger partial charge is 0.352 e. The van der Waals surface area contributed by atoms with Crippen molar-refractivity contribution in [2.24, 2.45) is 5.10 Å². The molecule has 0 aromatic carbocycles. The second-order valence-electron chi connectivity index (χ2n) is 6.89. The van der Waals surface area contributed by atoms with E-state index in [1.54, 1.807) is 6.20 Å². The first kappa shape index (κ1) is 16.7. The molecule has 1 atom stereocenters. The lowest BCUT2D eigenvalue weighted by molar-refractivity contribution is -0.129. The normalized spacial score (nSPS) is 23.0. The number of amides is 1. The molecular weight excluding hydrogens is 336 g/mol. The van der Waals surface area contributed by atoms with E-state index in [0.29, 0.717) is 42.9 Å². The van der Waals surface area contributed by atoms with E-state index in [1.807, 2.05) is 6.92 Å². The van der Waals surface area contributed by atoms with Crippen LogP contribution in [0.1, 0.15) is 45.4 Å². The highest BCUT2D eigenvalue weighted by Gasteiger charge is 2.39. The summed E-state index contributed by atoms with van der Waals surface area (Å²) in [6.45, 7) is 2.44. The van der Waals surface area contributed by atoms with Gasteiger partial charge in [-0.3, -0.25) is 4.79 Å². The molecule has 2 N–H and O–H groups in total. The van der Waals surface area contributed by atoms with Crippen molar-refractivity contribution in [1.82, 2.24) is 9.97 Å². The zero-order valence-electron chi connectivity index (χ0n) is 14.7. The predicted molar refractivity (Wildman–Crippen MR) is 96.5 cm³/mol. The van der Waals surface area contributed by atoms with Crippen LogP contribution in [-0.2, 0) is 9.59 Å². The molecule has 1 aromatic rings. The highest BCUT2D eigenvalue weighted by molar-refractivity contribution is 6.36. The first-order valence-electron chi connectivity index (χ1n) is 9.13. The van der Waals surface area contributed by atoms with E-state index < -0.39 is 5.97 Å². The number of rotatable bonds is 4. The molecule has 1 aromatic heterocycles. The Morgan fingerprint density at radius 3 is 2.81 bits per heavy atom. The number of carboxylic acid groups (broad SMARTS) is 1. The Hall–Kier alpha value is -2.71. The van der Waals surface area contributed by atoms with Crippen LogP contribution in [0.4, 0.5) is 17.5 Å². The summed E-state index contributed by atoms with van der Waals surface area (Å²) >= 11 is 0. The quantitative estimate of drug-likeness (QED) is 0.841. The summed E-state index contributed by atoms with van der Waals surface area (Å²) in [5.41, 5.74) is 0.718. The van der Waals surface area contributed by atoms with Gasteiger partial charge in [0.2, 0.25) is 11.9 Å². The predicted octanol–water partition coefficient (Wildman–Crippen LogP) is 1.61. The van der Waals surface area contributed by atoms with Crippen LogP contribution in [0.25, 0.3) is 0 Å². The van der Waals surface area contributed by atoms with Gasteiger partial charge in [-0.1, -0.05) is 19.8 Å². The monoisotopic (exact) mass is 358 g/mol. The van der Waals surface area contributed by atoms with Crippen LogP contribution in [0, 0.1) is 0 Å². The third-order valence-corrected chi connectivity index (χ3v) is 5.28. The Kier molecular flexibility index (Phi) is 4.21. The maximum absolute atomic E-state index is 12.5. The maximum Gasteiger partial charge on any atom is 0.352 e. The number of hydrogen-bond donors (Lipinski definition) is 2. The zero-order valence-corrected chi connectivity index (χ0v) is 14.7. The fourth-order valence-electron chi connectivity index (χ4n) is 4.01. The van der Waals surface area contributed by atoms with E-state index in [1.165, 1.54) is 5.01 Å². The summed E-state index contributed by atoms with van der Waals surface area (Å²) in [7, 11) is 0. The first-order chi connectivity index (χ1) is 12.6. The Morgan fingerprint density at radius 1 is 1.38 bits per heavy atom. The number of hydrazone groups is 1. The van der Waals surface area contributed by atoms with E-state index in [-0.39, 0.29) is 17.7 Å². The standard InChI is InChI=1S/C17H22N6O3/c1-2-13-15(24)19-12-9-18-17(22-8-7-11(21-22)16(25)26)20-14(12)23(13)10-5-3-4-6-10/h9-10,13H,2-8H2,1H3,(H,19,24)(H,25,26)/t13-/m1/s1. The molecule has 1 aliphatic carbocycles. The van der Waals surface area contributed by atoms with Crippen molar-refractivity contribution in [3.05, 3.63) is 6.20 Å². The van der Waals surface area contributed by atoms with Gasteiger partial charge in [-0.15, -0.1) is 0 Å². The first-order valence-corrected chi connectivity index (χ1v) is 9.13. The van der Waals surface area contributed by atoms with Gasteiger partial charge in [-0.25, -0.2) is 14.8 Å². The molecule has 0 saturated heterocycles. The molecule has 0 bridgehead atoms. The summed E-state index contributed by atoms with van der Waals surface area (Å²) in [6, 6.07) is 0.0502. The SMILES string of the molecule is CC[C@@H]1C(=O)Nc2cnc(N3CCC(C(=O)O)=N3)nc2N1C1CCCC1. The maximum atomic E-state index is 12.5. The van der Waals surface area contributed by atoms with Crippen molar-refractivity contribution in [2.45, 2.75) is 57.5 Å². The molecule has 3 aliphatic rings. The molecule has 1 amide bonds. The molecule has 1 fully saturated rings. The third-order valence-electron chi connectivity index (χ3n) is 5.28. The summed E-state index contributed by atoms with van der Waals surface area (Å²) in [5, 5.41) is 17.6. The number of carbonyl (C=O) groups excluding carboxylic acids is 1. The number of carbonyl (C=O) groups is 2. The molecule has 3 heterocycles. The number of fused-ring (bicyclic) bond motifs is 1. The lowest BCUT2D eigenvalue weighted by atomic mass is 10.0. The molecule has 0 radical (unpaired) electrons. The Labute approximate surface area is 151 Å². The minimum absolute atomic E-state index is 0.0180. The fraction of sp³-hybridized carbons (Fsp3) is 0.588.